The molecule has 1 aliphatic rings. The largest absolute Gasteiger partial charge is 0.364 e. The molecule has 0 aliphatic carbocycles. The number of nitrogens with one attached hydrogen (secondary N) is 3. The van der Waals surface area contributed by atoms with Gasteiger partial charge < -0.3 is 10.6 Å². The van der Waals surface area contributed by atoms with Gasteiger partial charge in [-0.25, -0.2) is 9.97 Å². The van der Waals surface area contributed by atoms with E-state index in [2.05, 4.69) is 30.8 Å². The molecule has 0 unspecified atom stereocenters. The molecule has 0 bridgehead atoms. The smallest absolute Gasteiger partial charge is 0.180 e. The minimum atomic E-state index is 0.457. The maximum atomic E-state index is 4.52. The molecule has 4 heterocycles. The summed E-state index contributed by atoms with van der Waals surface area (Å²) in [5.41, 5.74) is 2.88. The molecule has 7 nitrogen and oxygen atoms in total. The third-order valence-corrected chi connectivity index (χ3v) is 3.90. The molecule has 1 aliphatic heterocycles. The molecule has 1 saturated heterocycles. The fourth-order valence-corrected chi connectivity index (χ4v) is 2.79. The number of fused-ring (bicyclic) bond motifs is 1. The molecule has 1 fully saturated rings. The van der Waals surface area contributed by atoms with Gasteiger partial charge in [0, 0.05) is 30.2 Å². The molecule has 0 saturated carbocycles. The average molecular weight is 283 g/mol. The van der Waals surface area contributed by atoms with Crippen LogP contribution in [0.1, 0.15) is 12.8 Å². The van der Waals surface area contributed by atoms with Crippen molar-refractivity contribution < 1.29 is 0 Å². The Hall–Kier alpha value is -2.41. The van der Waals surface area contributed by atoms with Crippen molar-refractivity contribution in [1.82, 2.24) is 29.9 Å². The molecule has 0 spiro atoms. The molecule has 4 rings (SSSR count). The second-order valence-electron chi connectivity index (χ2n) is 5.27. The van der Waals surface area contributed by atoms with Gasteiger partial charge in [-0.15, -0.1) is 0 Å². The van der Waals surface area contributed by atoms with E-state index in [1.807, 2.05) is 29.2 Å². The lowest BCUT2D eigenvalue weighted by molar-refractivity contribution is 0.478. The van der Waals surface area contributed by atoms with Crippen LogP contribution in [0.4, 0.5) is 5.82 Å². The minimum absolute atomic E-state index is 0.457. The molecule has 7 heteroatoms. The van der Waals surface area contributed by atoms with Crippen molar-refractivity contribution in [3.8, 4) is 11.3 Å². The predicted octanol–water partition coefficient (Wildman–Crippen LogP) is 1.28. The van der Waals surface area contributed by atoms with Gasteiger partial charge in [0.25, 0.3) is 0 Å². The molecule has 0 aromatic carbocycles. The highest BCUT2D eigenvalue weighted by atomic mass is 15.1. The standard InChI is InChI=1S/C14H17N7/c1-3-15-4-2-11(1)20-13-14-17-9-12(10-7-18-19-8-10)21(14)6-5-16-13/h5-9,11,15H,1-4H2,(H,16,20)(H,18,19). The van der Waals surface area contributed by atoms with Crippen LogP contribution in [-0.4, -0.2) is 43.7 Å². The minimum Gasteiger partial charge on any atom is -0.364 e. The van der Waals surface area contributed by atoms with Crippen molar-refractivity contribution in [2.75, 3.05) is 18.4 Å². The highest BCUT2D eigenvalue weighted by Crippen LogP contribution is 2.23. The van der Waals surface area contributed by atoms with E-state index in [1.165, 1.54) is 0 Å². The third kappa shape index (κ3) is 2.25. The Kier molecular flexibility index (Phi) is 3.04. The number of nitrogens with zero attached hydrogens (tertiary/aromatic N) is 4. The van der Waals surface area contributed by atoms with E-state index in [4.69, 9.17) is 0 Å². The summed E-state index contributed by atoms with van der Waals surface area (Å²) in [4.78, 5) is 8.98. The highest BCUT2D eigenvalue weighted by molar-refractivity contribution is 5.70. The lowest BCUT2D eigenvalue weighted by atomic mass is 10.1. The van der Waals surface area contributed by atoms with Crippen molar-refractivity contribution in [2.24, 2.45) is 0 Å². The second kappa shape index (κ2) is 5.17. The lowest BCUT2D eigenvalue weighted by Gasteiger charge is -2.24. The second-order valence-corrected chi connectivity index (χ2v) is 5.27. The Labute approximate surface area is 121 Å². The number of aromatic nitrogens is 5. The molecule has 3 aromatic rings. The molecule has 21 heavy (non-hydrogen) atoms. The van der Waals surface area contributed by atoms with E-state index >= 15 is 0 Å². The van der Waals surface area contributed by atoms with Crippen molar-refractivity contribution in [3.05, 3.63) is 31.0 Å². The zero-order valence-corrected chi connectivity index (χ0v) is 11.6. The first-order chi connectivity index (χ1) is 10.4. The Morgan fingerprint density at radius 2 is 2.10 bits per heavy atom. The Bertz CT molecular complexity index is 725. The SMILES string of the molecule is c1cn2c(-c3cn[nH]c3)cnc2c(NC2CCNCC2)n1. The Balaban J connectivity index is 1.70. The number of piperidine rings is 1. The highest BCUT2D eigenvalue weighted by Gasteiger charge is 2.16. The van der Waals surface area contributed by atoms with Gasteiger partial charge in [0.2, 0.25) is 0 Å². The summed E-state index contributed by atoms with van der Waals surface area (Å²) in [6, 6.07) is 0.457. The van der Waals surface area contributed by atoms with Gasteiger partial charge >= 0.3 is 0 Å². The van der Waals surface area contributed by atoms with Crippen molar-refractivity contribution >= 4 is 11.5 Å². The molecule has 3 N–H and O–H groups in total. The van der Waals surface area contributed by atoms with Gasteiger partial charge in [-0.1, -0.05) is 0 Å². The normalized spacial score (nSPS) is 16.4. The van der Waals surface area contributed by atoms with Crippen molar-refractivity contribution in [3.63, 3.8) is 0 Å². The van der Waals surface area contributed by atoms with Gasteiger partial charge in [0.05, 0.1) is 18.1 Å². The van der Waals surface area contributed by atoms with Crippen LogP contribution in [0.2, 0.25) is 0 Å². The first kappa shape index (κ1) is 12.3. The predicted molar refractivity (Wildman–Crippen MR) is 80.1 cm³/mol. The Morgan fingerprint density at radius 3 is 2.90 bits per heavy atom. The van der Waals surface area contributed by atoms with E-state index in [-0.39, 0.29) is 0 Å². The van der Waals surface area contributed by atoms with E-state index in [0.717, 1.165) is 48.7 Å². The summed E-state index contributed by atoms with van der Waals surface area (Å²) < 4.78 is 2.04. The van der Waals surface area contributed by atoms with E-state index in [9.17, 15) is 0 Å². The maximum Gasteiger partial charge on any atom is 0.180 e. The van der Waals surface area contributed by atoms with E-state index in [0.29, 0.717) is 6.04 Å². The van der Waals surface area contributed by atoms with Crippen LogP contribution in [0.5, 0.6) is 0 Å². The first-order valence-electron chi connectivity index (χ1n) is 7.20. The summed E-state index contributed by atoms with van der Waals surface area (Å²) in [6.07, 6.45) is 11.5. The van der Waals surface area contributed by atoms with Gasteiger partial charge in [-0.2, -0.15) is 5.10 Å². The van der Waals surface area contributed by atoms with Crippen LogP contribution in [0, 0.1) is 0 Å². The zero-order chi connectivity index (χ0) is 14.1. The molecule has 3 aromatic heterocycles. The third-order valence-electron chi connectivity index (χ3n) is 3.90. The van der Waals surface area contributed by atoms with E-state index < -0.39 is 0 Å². The van der Waals surface area contributed by atoms with Crippen LogP contribution in [0.25, 0.3) is 16.9 Å². The number of hydrogen-bond donors (Lipinski definition) is 3. The van der Waals surface area contributed by atoms with Crippen LogP contribution < -0.4 is 10.6 Å². The summed E-state index contributed by atoms with van der Waals surface area (Å²) in [6.45, 7) is 2.10. The number of rotatable bonds is 3. The summed E-state index contributed by atoms with van der Waals surface area (Å²) in [5.74, 6) is 0.846. The number of hydrogen-bond acceptors (Lipinski definition) is 5. The topological polar surface area (TPSA) is 82.9 Å². The first-order valence-corrected chi connectivity index (χ1v) is 7.20. The molecule has 0 amide bonds. The summed E-state index contributed by atoms with van der Waals surface area (Å²) >= 11 is 0. The molecule has 108 valence electrons. The van der Waals surface area contributed by atoms with Crippen molar-refractivity contribution in [1.29, 1.82) is 0 Å². The average Bonchev–Trinajstić information content (AvgIpc) is 3.17. The van der Waals surface area contributed by atoms with Gasteiger partial charge in [0.1, 0.15) is 0 Å². The molecule has 0 radical (unpaired) electrons. The summed E-state index contributed by atoms with van der Waals surface area (Å²) in [7, 11) is 0. The van der Waals surface area contributed by atoms with Gasteiger partial charge in [-0.05, 0) is 25.9 Å². The van der Waals surface area contributed by atoms with Gasteiger partial charge in [-0.3, -0.25) is 9.50 Å². The van der Waals surface area contributed by atoms with Crippen LogP contribution in [-0.2, 0) is 0 Å². The fraction of sp³-hybridized carbons (Fsp3) is 0.357. The fourth-order valence-electron chi connectivity index (χ4n) is 2.79. The maximum absolute atomic E-state index is 4.52. The summed E-state index contributed by atoms with van der Waals surface area (Å²) in [5, 5.41) is 13.7. The number of H-pyrrole nitrogens is 1. The molecular weight excluding hydrogens is 266 g/mol. The van der Waals surface area contributed by atoms with Crippen molar-refractivity contribution in [2.45, 2.75) is 18.9 Å². The van der Waals surface area contributed by atoms with Crippen LogP contribution >= 0.6 is 0 Å². The molecule has 0 atom stereocenters. The van der Waals surface area contributed by atoms with Crippen LogP contribution in [0.3, 0.4) is 0 Å². The number of aromatic amines is 1. The lowest BCUT2D eigenvalue weighted by Crippen LogP contribution is -2.35. The zero-order valence-electron chi connectivity index (χ0n) is 11.6. The van der Waals surface area contributed by atoms with E-state index in [1.54, 1.807) is 6.20 Å². The number of anilines is 1. The Morgan fingerprint density at radius 1 is 1.19 bits per heavy atom. The van der Waals surface area contributed by atoms with Crippen LogP contribution in [0.15, 0.2) is 31.0 Å². The molecular formula is C14H17N7. The quantitative estimate of drug-likeness (QED) is 0.674. The monoisotopic (exact) mass is 283 g/mol. The van der Waals surface area contributed by atoms with Gasteiger partial charge in [0.15, 0.2) is 11.5 Å². The number of imidazole rings is 1.